The van der Waals surface area contributed by atoms with E-state index in [2.05, 4.69) is 4.90 Å². The monoisotopic (exact) mass is 394 g/mol. The molecule has 0 aromatic heterocycles. The summed E-state index contributed by atoms with van der Waals surface area (Å²) in [4.78, 5) is 42.8. The van der Waals surface area contributed by atoms with Crippen LogP contribution in [0.15, 0.2) is 18.2 Å². The zero-order valence-electron chi connectivity index (χ0n) is 17.1. The molecule has 0 radical (unpaired) electrons. The fourth-order valence-corrected chi connectivity index (χ4v) is 6.11. The van der Waals surface area contributed by atoms with Gasteiger partial charge in [0.2, 0.25) is 0 Å². The molecule has 0 N–H and O–H groups in total. The molecule has 3 fully saturated rings. The van der Waals surface area contributed by atoms with Gasteiger partial charge in [-0.1, -0.05) is 32.1 Å². The number of hydrogen-bond acceptors (Lipinski definition) is 3. The zero-order chi connectivity index (χ0) is 20.0. The highest BCUT2D eigenvalue weighted by atomic mass is 16.2. The van der Waals surface area contributed by atoms with Crippen molar-refractivity contribution in [1.82, 2.24) is 9.80 Å². The van der Waals surface area contributed by atoms with Gasteiger partial charge in [0.1, 0.15) is 0 Å². The number of amides is 3. The Balaban J connectivity index is 1.40. The largest absolute Gasteiger partial charge is 0.335 e. The lowest BCUT2D eigenvalue weighted by atomic mass is 9.78. The van der Waals surface area contributed by atoms with E-state index in [1.807, 2.05) is 0 Å². The summed E-state index contributed by atoms with van der Waals surface area (Å²) in [6, 6.07) is 5.50. The molecule has 2 aliphatic carbocycles. The number of carbonyl (C=O) groups excluding carboxylic acids is 3. The molecule has 2 unspecified atom stereocenters. The van der Waals surface area contributed by atoms with Gasteiger partial charge in [0.25, 0.3) is 17.7 Å². The number of hydrogen-bond donors (Lipinski definition) is 0. The van der Waals surface area contributed by atoms with Crippen LogP contribution in [0.25, 0.3) is 0 Å². The maximum absolute atomic E-state index is 13.3. The van der Waals surface area contributed by atoms with Crippen molar-refractivity contribution in [3.63, 3.8) is 0 Å². The first-order valence-corrected chi connectivity index (χ1v) is 11.5. The van der Waals surface area contributed by atoms with Crippen molar-refractivity contribution < 1.29 is 14.4 Å². The van der Waals surface area contributed by atoms with Gasteiger partial charge in [0, 0.05) is 24.2 Å². The minimum Gasteiger partial charge on any atom is -0.335 e. The molecule has 29 heavy (non-hydrogen) atoms. The highest BCUT2D eigenvalue weighted by molar-refractivity contribution is 6.22. The fourth-order valence-electron chi connectivity index (χ4n) is 6.11. The summed E-state index contributed by atoms with van der Waals surface area (Å²) in [7, 11) is 0. The van der Waals surface area contributed by atoms with Crippen LogP contribution < -0.4 is 0 Å². The van der Waals surface area contributed by atoms with E-state index < -0.39 is 0 Å². The molecule has 5 heteroatoms. The maximum atomic E-state index is 13.3. The first-order chi connectivity index (χ1) is 14.1. The Kier molecular flexibility index (Phi) is 4.92. The van der Waals surface area contributed by atoms with E-state index in [0.29, 0.717) is 28.7 Å². The van der Waals surface area contributed by atoms with Gasteiger partial charge in [-0.2, -0.15) is 0 Å². The average molecular weight is 395 g/mol. The zero-order valence-corrected chi connectivity index (χ0v) is 17.1. The summed E-state index contributed by atoms with van der Waals surface area (Å²) in [5.74, 6) is 0.267. The Labute approximate surface area is 172 Å². The Bertz CT molecular complexity index is 841. The second-order valence-corrected chi connectivity index (χ2v) is 9.29. The van der Waals surface area contributed by atoms with E-state index in [-0.39, 0.29) is 23.8 Å². The van der Waals surface area contributed by atoms with Crippen LogP contribution in [0.2, 0.25) is 0 Å². The number of nitrogens with zero attached hydrogens (tertiary/aromatic N) is 2. The minimum absolute atomic E-state index is 0.0143. The number of carbonyl (C=O) groups is 3. The number of piperidine rings is 1. The Morgan fingerprint density at radius 2 is 1.48 bits per heavy atom. The molecule has 0 bridgehead atoms. The van der Waals surface area contributed by atoms with Crippen LogP contribution in [0.5, 0.6) is 0 Å². The summed E-state index contributed by atoms with van der Waals surface area (Å²) in [5.41, 5.74) is 1.44. The molecule has 3 amide bonds. The first kappa shape index (κ1) is 18.8. The molecule has 1 aromatic carbocycles. The van der Waals surface area contributed by atoms with Crippen molar-refractivity contribution in [2.75, 3.05) is 6.54 Å². The molecular weight excluding hydrogens is 364 g/mol. The molecular formula is C24H30N2O3. The van der Waals surface area contributed by atoms with Gasteiger partial charge in [0.15, 0.2) is 0 Å². The normalized spacial score (nSPS) is 27.7. The van der Waals surface area contributed by atoms with E-state index in [9.17, 15) is 14.4 Å². The molecule has 5 nitrogen and oxygen atoms in total. The average Bonchev–Trinajstić information content (AvgIpc) is 3.03. The molecule has 2 atom stereocenters. The number of likely N-dealkylation sites (tertiary alicyclic amines) is 1. The third-order valence-electron chi connectivity index (χ3n) is 7.61. The molecule has 1 aromatic rings. The van der Waals surface area contributed by atoms with Crippen LogP contribution in [0.4, 0.5) is 0 Å². The Hall–Kier alpha value is -2.17. The highest BCUT2D eigenvalue weighted by Gasteiger charge is 2.41. The Morgan fingerprint density at radius 3 is 2.31 bits per heavy atom. The topological polar surface area (TPSA) is 57.7 Å². The van der Waals surface area contributed by atoms with Gasteiger partial charge in [-0.3, -0.25) is 19.3 Å². The summed E-state index contributed by atoms with van der Waals surface area (Å²) in [6.45, 7) is 0.804. The van der Waals surface area contributed by atoms with Gasteiger partial charge in [-0.15, -0.1) is 0 Å². The predicted octanol–water partition coefficient (Wildman–Crippen LogP) is 4.41. The van der Waals surface area contributed by atoms with Gasteiger partial charge in [-0.05, 0) is 62.6 Å². The quantitative estimate of drug-likeness (QED) is 0.698. The van der Waals surface area contributed by atoms with Crippen LogP contribution in [0.1, 0.15) is 102 Å². The fraction of sp³-hybridized carbons (Fsp3) is 0.625. The molecule has 2 aliphatic heterocycles. The van der Waals surface area contributed by atoms with Gasteiger partial charge in [-0.25, -0.2) is 0 Å². The van der Waals surface area contributed by atoms with Gasteiger partial charge in [0.05, 0.1) is 11.1 Å². The number of rotatable bonds is 2. The molecule has 1 saturated heterocycles. The highest BCUT2D eigenvalue weighted by Crippen LogP contribution is 2.37. The SMILES string of the molecule is O=C(c1ccc2c(c1)C(=O)N(C1CCCCC1)C2=O)N1CCCC2CCCCC21. The number of imide groups is 1. The second kappa shape index (κ2) is 7.58. The number of benzene rings is 1. The van der Waals surface area contributed by atoms with E-state index in [4.69, 9.17) is 0 Å². The molecule has 4 aliphatic rings. The smallest absolute Gasteiger partial charge is 0.261 e. The van der Waals surface area contributed by atoms with E-state index in [1.165, 1.54) is 37.0 Å². The van der Waals surface area contributed by atoms with Crippen LogP contribution >= 0.6 is 0 Å². The van der Waals surface area contributed by atoms with E-state index in [0.717, 1.165) is 45.1 Å². The van der Waals surface area contributed by atoms with E-state index in [1.54, 1.807) is 18.2 Å². The van der Waals surface area contributed by atoms with Crippen LogP contribution in [0.3, 0.4) is 0 Å². The maximum Gasteiger partial charge on any atom is 0.261 e. The van der Waals surface area contributed by atoms with Crippen molar-refractivity contribution >= 4 is 17.7 Å². The van der Waals surface area contributed by atoms with Crippen molar-refractivity contribution in [1.29, 1.82) is 0 Å². The molecule has 2 heterocycles. The van der Waals surface area contributed by atoms with Crippen LogP contribution in [0, 0.1) is 5.92 Å². The van der Waals surface area contributed by atoms with Crippen molar-refractivity contribution in [2.24, 2.45) is 5.92 Å². The standard InChI is InChI=1S/C24H30N2O3/c27-22(25-14-6-8-16-7-4-5-11-21(16)25)17-12-13-19-20(15-17)24(29)26(23(19)28)18-9-2-1-3-10-18/h12-13,15-16,18,21H,1-11,14H2. The third kappa shape index (κ3) is 3.19. The summed E-state index contributed by atoms with van der Waals surface area (Å²) < 4.78 is 0. The van der Waals surface area contributed by atoms with Gasteiger partial charge >= 0.3 is 0 Å². The second-order valence-electron chi connectivity index (χ2n) is 9.29. The minimum atomic E-state index is -0.208. The Morgan fingerprint density at radius 1 is 0.793 bits per heavy atom. The van der Waals surface area contributed by atoms with Crippen LogP contribution in [-0.2, 0) is 0 Å². The lowest BCUT2D eigenvalue weighted by Gasteiger charge is -2.44. The van der Waals surface area contributed by atoms with Crippen LogP contribution in [-0.4, -0.2) is 46.1 Å². The lowest BCUT2D eigenvalue weighted by Crippen LogP contribution is -2.49. The number of fused-ring (bicyclic) bond motifs is 2. The lowest BCUT2D eigenvalue weighted by molar-refractivity contribution is 0.0390. The molecule has 5 rings (SSSR count). The van der Waals surface area contributed by atoms with Crippen molar-refractivity contribution in [3.05, 3.63) is 34.9 Å². The van der Waals surface area contributed by atoms with Crippen molar-refractivity contribution in [3.8, 4) is 0 Å². The molecule has 154 valence electrons. The summed E-state index contributed by atoms with van der Waals surface area (Å²) >= 11 is 0. The summed E-state index contributed by atoms with van der Waals surface area (Å²) in [5, 5.41) is 0. The molecule has 0 spiro atoms. The van der Waals surface area contributed by atoms with Gasteiger partial charge < -0.3 is 4.90 Å². The van der Waals surface area contributed by atoms with E-state index >= 15 is 0 Å². The first-order valence-electron chi connectivity index (χ1n) is 11.5. The predicted molar refractivity (Wildman–Crippen MR) is 110 cm³/mol. The summed E-state index contributed by atoms with van der Waals surface area (Å²) in [6.07, 6.45) is 12.2. The molecule has 2 saturated carbocycles. The third-order valence-corrected chi connectivity index (χ3v) is 7.61. The van der Waals surface area contributed by atoms with Crippen molar-refractivity contribution in [2.45, 2.75) is 82.7 Å².